The number of methoxy groups -OCH3 is 2. The first-order valence-corrected chi connectivity index (χ1v) is 8.14. The first-order valence-electron chi connectivity index (χ1n) is 8.14. The monoisotopic (exact) mass is 371 g/mol. The average molecular weight is 371 g/mol. The molecule has 3 aromatic rings. The summed E-state index contributed by atoms with van der Waals surface area (Å²) >= 11 is 0. The molecule has 27 heavy (non-hydrogen) atoms. The Balaban J connectivity index is 1.77. The minimum Gasteiger partial charge on any atom is -0.497 e. The van der Waals surface area contributed by atoms with Crippen molar-refractivity contribution in [1.82, 2.24) is 15.5 Å². The molecule has 0 saturated heterocycles. The third kappa shape index (κ3) is 4.05. The summed E-state index contributed by atoms with van der Waals surface area (Å²) in [5.41, 5.74) is 0.932. The number of benzene rings is 2. The van der Waals surface area contributed by atoms with Crippen LogP contribution in [-0.2, 0) is 0 Å². The number of nitrogens with one attached hydrogen (secondary N) is 1. The van der Waals surface area contributed by atoms with Crippen molar-refractivity contribution in [1.29, 1.82) is 0 Å². The molecule has 140 valence electrons. The number of carbonyl (C=O) groups excluding carboxylic acids is 1. The van der Waals surface area contributed by atoms with Crippen LogP contribution in [0, 0.1) is 5.82 Å². The Kier molecular flexibility index (Phi) is 5.35. The number of carbonyl (C=O) groups is 1. The molecule has 1 heterocycles. The van der Waals surface area contributed by atoms with E-state index >= 15 is 0 Å². The van der Waals surface area contributed by atoms with Gasteiger partial charge in [0.25, 0.3) is 5.91 Å². The van der Waals surface area contributed by atoms with Crippen LogP contribution in [0.2, 0.25) is 0 Å². The van der Waals surface area contributed by atoms with Crippen LogP contribution < -0.4 is 14.8 Å². The average Bonchev–Trinajstić information content (AvgIpc) is 3.18. The number of ether oxygens (including phenoxy) is 2. The first-order chi connectivity index (χ1) is 13.0. The Morgan fingerprint density at radius 1 is 1.15 bits per heavy atom. The van der Waals surface area contributed by atoms with E-state index in [-0.39, 0.29) is 17.6 Å². The summed E-state index contributed by atoms with van der Waals surface area (Å²) < 4.78 is 28.6. The van der Waals surface area contributed by atoms with Crippen molar-refractivity contribution in [3.05, 3.63) is 59.7 Å². The lowest BCUT2D eigenvalue weighted by Crippen LogP contribution is -2.27. The summed E-state index contributed by atoms with van der Waals surface area (Å²) in [6, 6.07) is 10.1. The van der Waals surface area contributed by atoms with Crippen molar-refractivity contribution < 1.29 is 23.2 Å². The highest BCUT2D eigenvalue weighted by atomic mass is 19.1. The summed E-state index contributed by atoms with van der Waals surface area (Å²) in [6.07, 6.45) is 0. The highest BCUT2D eigenvalue weighted by Gasteiger charge is 2.20. The Bertz CT molecular complexity index is 940. The van der Waals surface area contributed by atoms with E-state index in [4.69, 9.17) is 14.0 Å². The van der Waals surface area contributed by atoms with Gasteiger partial charge < -0.3 is 19.3 Å². The number of rotatable bonds is 6. The summed E-state index contributed by atoms with van der Waals surface area (Å²) in [5.74, 6) is 0.757. The van der Waals surface area contributed by atoms with Gasteiger partial charge in [0.15, 0.2) is 0 Å². The molecule has 0 saturated carbocycles. The van der Waals surface area contributed by atoms with Gasteiger partial charge in [-0.3, -0.25) is 4.79 Å². The van der Waals surface area contributed by atoms with Crippen LogP contribution in [0.1, 0.15) is 29.2 Å². The molecule has 0 unspecified atom stereocenters. The van der Waals surface area contributed by atoms with Gasteiger partial charge in [0.2, 0.25) is 11.7 Å². The lowest BCUT2D eigenvalue weighted by molar-refractivity contribution is 0.0929. The van der Waals surface area contributed by atoms with Gasteiger partial charge in [-0.2, -0.15) is 4.98 Å². The van der Waals surface area contributed by atoms with Crippen LogP contribution in [0.15, 0.2) is 47.0 Å². The van der Waals surface area contributed by atoms with Crippen molar-refractivity contribution >= 4 is 5.91 Å². The number of hydrogen-bond donors (Lipinski definition) is 1. The minimum absolute atomic E-state index is 0.226. The molecular formula is C19H18FN3O4. The fraction of sp³-hybridized carbons (Fsp3) is 0.211. The molecule has 0 fully saturated rings. The number of hydrogen-bond acceptors (Lipinski definition) is 6. The number of nitrogens with zero attached hydrogens (tertiary/aromatic N) is 2. The van der Waals surface area contributed by atoms with E-state index in [1.54, 1.807) is 37.3 Å². The van der Waals surface area contributed by atoms with Gasteiger partial charge in [-0.25, -0.2) is 4.39 Å². The Morgan fingerprint density at radius 2 is 1.89 bits per heavy atom. The third-order valence-corrected chi connectivity index (χ3v) is 3.91. The SMILES string of the molecule is COc1ccc(OC)c(C(=O)N[C@@H](C)c2nc(-c3ccc(F)cc3)no2)c1. The molecule has 1 amide bonds. The van der Waals surface area contributed by atoms with Gasteiger partial charge in [-0.05, 0) is 49.4 Å². The van der Waals surface area contributed by atoms with Gasteiger partial charge in [-0.15, -0.1) is 0 Å². The number of aromatic nitrogens is 2. The Hall–Kier alpha value is -3.42. The van der Waals surface area contributed by atoms with E-state index in [1.165, 1.54) is 26.4 Å². The zero-order chi connectivity index (χ0) is 19.4. The normalized spacial score (nSPS) is 11.7. The van der Waals surface area contributed by atoms with Crippen LogP contribution in [0.25, 0.3) is 11.4 Å². The summed E-state index contributed by atoms with van der Waals surface area (Å²) in [5, 5.41) is 6.66. The molecule has 8 heteroatoms. The number of amides is 1. The smallest absolute Gasteiger partial charge is 0.255 e. The van der Waals surface area contributed by atoms with Gasteiger partial charge >= 0.3 is 0 Å². The maximum atomic E-state index is 13.0. The Morgan fingerprint density at radius 3 is 2.56 bits per heavy atom. The molecule has 0 aliphatic carbocycles. The molecular weight excluding hydrogens is 353 g/mol. The molecule has 0 spiro atoms. The standard InChI is InChI=1S/C19H18FN3O4/c1-11(19-22-17(23-27-19)12-4-6-13(20)7-5-12)21-18(24)15-10-14(25-2)8-9-16(15)26-3/h4-11H,1-3H3,(H,21,24)/t11-/m0/s1. The van der Waals surface area contributed by atoms with Crippen LogP contribution in [0.3, 0.4) is 0 Å². The van der Waals surface area contributed by atoms with Crippen LogP contribution in [-0.4, -0.2) is 30.3 Å². The lowest BCUT2D eigenvalue weighted by atomic mass is 10.1. The second kappa shape index (κ2) is 7.86. The van der Waals surface area contributed by atoms with Gasteiger partial charge in [0, 0.05) is 5.56 Å². The van der Waals surface area contributed by atoms with Gasteiger partial charge in [-0.1, -0.05) is 5.16 Å². The number of halogens is 1. The lowest BCUT2D eigenvalue weighted by Gasteiger charge is -2.13. The molecule has 1 atom stereocenters. The van der Waals surface area contributed by atoms with E-state index < -0.39 is 6.04 Å². The third-order valence-electron chi connectivity index (χ3n) is 3.91. The molecule has 3 rings (SSSR count). The fourth-order valence-electron chi connectivity index (χ4n) is 2.45. The highest BCUT2D eigenvalue weighted by Crippen LogP contribution is 2.25. The molecule has 0 bridgehead atoms. The van der Waals surface area contributed by atoms with E-state index in [0.29, 0.717) is 28.5 Å². The molecule has 1 aromatic heterocycles. The van der Waals surface area contributed by atoms with E-state index in [0.717, 1.165) is 0 Å². The van der Waals surface area contributed by atoms with Crippen molar-refractivity contribution in [2.24, 2.45) is 0 Å². The minimum atomic E-state index is -0.546. The van der Waals surface area contributed by atoms with Crippen LogP contribution >= 0.6 is 0 Å². The summed E-state index contributed by atoms with van der Waals surface area (Å²) in [7, 11) is 3.00. The predicted octanol–water partition coefficient (Wildman–Crippen LogP) is 3.38. The maximum absolute atomic E-state index is 13.0. The quantitative estimate of drug-likeness (QED) is 0.715. The van der Waals surface area contributed by atoms with Crippen molar-refractivity contribution in [3.8, 4) is 22.9 Å². The molecule has 0 radical (unpaired) electrons. The Labute approximate surface area is 155 Å². The van der Waals surface area contributed by atoms with E-state index in [1.807, 2.05) is 0 Å². The molecule has 2 aromatic carbocycles. The zero-order valence-corrected chi connectivity index (χ0v) is 15.0. The zero-order valence-electron chi connectivity index (χ0n) is 15.0. The summed E-state index contributed by atoms with van der Waals surface area (Å²) in [4.78, 5) is 16.9. The van der Waals surface area contributed by atoms with Crippen molar-refractivity contribution in [2.45, 2.75) is 13.0 Å². The molecule has 1 N–H and O–H groups in total. The molecule has 7 nitrogen and oxygen atoms in total. The largest absolute Gasteiger partial charge is 0.497 e. The topological polar surface area (TPSA) is 86.5 Å². The van der Waals surface area contributed by atoms with Gasteiger partial charge in [0.1, 0.15) is 23.4 Å². The fourth-order valence-corrected chi connectivity index (χ4v) is 2.45. The first kappa shape index (κ1) is 18.4. The summed E-state index contributed by atoms with van der Waals surface area (Å²) in [6.45, 7) is 1.71. The maximum Gasteiger partial charge on any atom is 0.255 e. The van der Waals surface area contributed by atoms with Crippen molar-refractivity contribution in [2.75, 3.05) is 14.2 Å². The predicted molar refractivity (Wildman–Crippen MR) is 95.1 cm³/mol. The molecule has 0 aliphatic rings. The van der Waals surface area contributed by atoms with Crippen LogP contribution in [0.5, 0.6) is 11.5 Å². The highest BCUT2D eigenvalue weighted by molar-refractivity contribution is 5.97. The second-order valence-electron chi connectivity index (χ2n) is 5.72. The molecule has 0 aliphatic heterocycles. The second-order valence-corrected chi connectivity index (χ2v) is 5.72. The van der Waals surface area contributed by atoms with E-state index in [2.05, 4.69) is 15.5 Å². The van der Waals surface area contributed by atoms with Crippen molar-refractivity contribution in [3.63, 3.8) is 0 Å². The van der Waals surface area contributed by atoms with Crippen LogP contribution in [0.4, 0.5) is 4.39 Å². The van der Waals surface area contributed by atoms with Gasteiger partial charge in [0.05, 0.1) is 19.8 Å². The van der Waals surface area contributed by atoms with E-state index in [9.17, 15) is 9.18 Å².